The van der Waals surface area contributed by atoms with Crippen molar-refractivity contribution in [2.45, 2.75) is 40.5 Å². The van der Waals surface area contributed by atoms with Crippen LogP contribution in [-0.4, -0.2) is 50.7 Å². The maximum atomic E-state index is 11.6. The molecule has 0 spiro atoms. The molecule has 0 saturated carbocycles. The van der Waals surface area contributed by atoms with E-state index in [-0.39, 0.29) is 11.8 Å². The lowest BCUT2D eigenvalue weighted by Crippen LogP contribution is -2.33. The highest BCUT2D eigenvalue weighted by molar-refractivity contribution is 5.77. The highest BCUT2D eigenvalue weighted by Crippen LogP contribution is 2.02. The predicted octanol–water partition coefficient (Wildman–Crippen LogP) is 2.14. The van der Waals surface area contributed by atoms with Crippen LogP contribution in [0, 0.1) is 11.8 Å². The van der Waals surface area contributed by atoms with E-state index in [9.17, 15) is 4.79 Å². The molecule has 0 saturated heterocycles. The molecule has 0 aromatic carbocycles. The summed E-state index contributed by atoms with van der Waals surface area (Å²) in [6.45, 7) is 12.3. The van der Waals surface area contributed by atoms with Crippen molar-refractivity contribution in [1.82, 2.24) is 10.2 Å². The fourth-order valence-electron chi connectivity index (χ4n) is 1.94. The van der Waals surface area contributed by atoms with Crippen LogP contribution in [0.2, 0.25) is 0 Å². The standard InChI is InChI=1S/C15H32N2O2/c1-6-7-14(4)12-16-8-10-19-11-9-17(5)15(18)13(2)3/h13-14,16H,6-12H2,1-5H3. The maximum absolute atomic E-state index is 11.6. The first-order valence-electron chi connectivity index (χ1n) is 7.52. The number of amides is 1. The SMILES string of the molecule is CCCC(C)CNCCOCCN(C)C(=O)C(C)C. The first-order valence-corrected chi connectivity index (χ1v) is 7.52. The van der Waals surface area contributed by atoms with Gasteiger partial charge in [0.15, 0.2) is 0 Å². The van der Waals surface area contributed by atoms with Crippen molar-refractivity contribution in [3.63, 3.8) is 0 Å². The van der Waals surface area contributed by atoms with Crippen molar-refractivity contribution < 1.29 is 9.53 Å². The molecule has 19 heavy (non-hydrogen) atoms. The predicted molar refractivity (Wildman–Crippen MR) is 80.2 cm³/mol. The van der Waals surface area contributed by atoms with E-state index in [0.717, 1.165) is 19.0 Å². The van der Waals surface area contributed by atoms with Gasteiger partial charge in [-0.3, -0.25) is 4.79 Å². The minimum Gasteiger partial charge on any atom is -0.378 e. The monoisotopic (exact) mass is 272 g/mol. The Morgan fingerprint density at radius 1 is 1.26 bits per heavy atom. The van der Waals surface area contributed by atoms with Gasteiger partial charge in [0.2, 0.25) is 5.91 Å². The topological polar surface area (TPSA) is 41.6 Å². The van der Waals surface area contributed by atoms with Crippen LogP contribution in [0.5, 0.6) is 0 Å². The lowest BCUT2D eigenvalue weighted by Gasteiger charge is -2.19. The molecule has 1 atom stereocenters. The summed E-state index contributed by atoms with van der Waals surface area (Å²) in [4.78, 5) is 13.3. The van der Waals surface area contributed by atoms with E-state index in [4.69, 9.17) is 4.74 Å². The van der Waals surface area contributed by atoms with Gasteiger partial charge in [-0.1, -0.05) is 34.1 Å². The maximum Gasteiger partial charge on any atom is 0.224 e. The fourth-order valence-corrected chi connectivity index (χ4v) is 1.94. The van der Waals surface area contributed by atoms with Gasteiger partial charge in [0, 0.05) is 26.1 Å². The lowest BCUT2D eigenvalue weighted by atomic mass is 10.1. The van der Waals surface area contributed by atoms with Crippen molar-refractivity contribution >= 4 is 5.91 Å². The summed E-state index contributed by atoms with van der Waals surface area (Å²) in [7, 11) is 1.83. The van der Waals surface area contributed by atoms with Crippen molar-refractivity contribution in [3.05, 3.63) is 0 Å². The first kappa shape index (κ1) is 18.4. The molecular weight excluding hydrogens is 240 g/mol. The molecule has 0 aromatic rings. The smallest absolute Gasteiger partial charge is 0.224 e. The summed E-state index contributed by atoms with van der Waals surface area (Å²) < 4.78 is 5.52. The van der Waals surface area contributed by atoms with Gasteiger partial charge >= 0.3 is 0 Å². The average Bonchev–Trinajstić information content (AvgIpc) is 2.36. The minimum absolute atomic E-state index is 0.0618. The second-order valence-corrected chi connectivity index (χ2v) is 5.62. The van der Waals surface area contributed by atoms with Crippen molar-refractivity contribution in [3.8, 4) is 0 Å². The highest BCUT2D eigenvalue weighted by atomic mass is 16.5. The van der Waals surface area contributed by atoms with Crippen LogP contribution in [0.15, 0.2) is 0 Å². The Bertz CT molecular complexity index is 232. The zero-order chi connectivity index (χ0) is 14.7. The fraction of sp³-hybridized carbons (Fsp3) is 0.933. The van der Waals surface area contributed by atoms with Gasteiger partial charge in [-0.2, -0.15) is 0 Å². The largest absolute Gasteiger partial charge is 0.378 e. The Labute approximate surface area is 118 Å². The van der Waals surface area contributed by atoms with Gasteiger partial charge in [-0.15, -0.1) is 0 Å². The molecule has 0 aromatic heterocycles. The molecule has 1 N–H and O–H groups in total. The molecule has 0 aliphatic carbocycles. The third-order valence-corrected chi connectivity index (χ3v) is 3.14. The third-order valence-electron chi connectivity index (χ3n) is 3.14. The minimum atomic E-state index is 0.0618. The highest BCUT2D eigenvalue weighted by Gasteiger charge is 2.11. The summed E-state index contributed by atoms with van der Waals surface area (Å²) in [6, 6.07) is 0. The van der Waals surface area contributed by atoms with Gasteiger partial charge < -0.3 is 15.0 Å². The van der Waals surface area contributed by atoms with Gasteiger partial charge in [-0.25, -0.2) is 0 Å². The van der Waals surface area contributed by atoms with E-state index in [2.05, 4.69) is 19.2 Å². The summed E-state index contributed by atoms with van der Waals surface area (Å²) >= 11 is 0. The van der Waals surface area contributed by atoms with E-state index in [1.165, 1.54) is 12.8 Å². The van der Waals surface area contributed by atoms with Crippen molar-refractivity contribution in [1.29, 1.82) is 0 Å². The van der Waals surface area contributed by atoms with E-state index in [0.29, 0.717) is 19.8 Å². The molecule has 0 radical (unpaired) electrons. The number of ether oxygens (including phenoxy) is 1. The van der Waals surface area contributed by atoms with E-state index in [1.807, 2.05) is 20.9 Å². The molecule has 0 heterocycles. The zero-order valence-corrected chi connectivity index (χ0v) is 13.4. The molecule has 4 nitrogen and oxygen atoms in total. The first-order chi connectivity index (χ1) is 8.99. The molecule has 0 fully saturated rings. The van der Waals surface area contributed by atoms with Crippen LogP contribution in [0.25, 0.3) is 0 Å². The molecule has 1 unspecified atom stereocenters. The van der Waals surface area contributed by atoms with E-state index >= 15 is 0 Å². The normalized spacial score (nSPS) is 12.7. The second kappa shape index (κ2) is 11.2. The van der Waals surface area contributed by atoms with Crippen LogP contribution in [0.1, 0.15) is 40.5 Å². The number of rotatable bonds is 11. The zero-order valence-electron chi connectivity index (χ0n) is 13.4. The Morgan fingerprint density at radius 2 is 1.95 bits per heavy atom. The lowest BCUT2D eigenvalue weighted by molar-refractivity contribution is -0.133. The summed E-state index contributed by atoms with van der Waals surface area (Å²) in [5.41, 5.74) is 0. The molecule has 1 amide bonds. The Hall–Kier alpha value is -0.610. The number of carbonyl (C=O) groups is 1. The van der Waals surface area contributed by atoms with Gasteiger partial charge in [-0.05, 0) is 18.9 Å². The van der Waals surface area contributed by atoms with Gasteiger partial charge in [0.1, 0.15) is 0 Å². The number of carbonyl (C=O) groups excluding carboxylic acids is 1. The van der Waals surface area contributed by atoms with Gasteiger partial charge in [0.25, 0.3) is 0 Å². The van der Waals surface area contributed by atoms with Gasteiger partial charge in [0.05, 0.1) is 13.2 Å². The van der Waals surface area contributed by atoms with E-state index < -0.39 is 0 Å². The molecule has 0 aliphatic heterocycles. The number of likely N-dealkylation sites (N-methyl/N-ethyl adjacent to an activating group) is 1. The summed E-state index contributed by atoms with van der Waals surface area (Å²) in [5, 5.41) is 3.39. The molecular formula is C15H32N2O2. The Kier molecular flexibility index (Phi) is 10.9. The quantitative estimate of drug-likeness (QED) is 0.586. The molecule has 0 rings (SSSR count). The van der Waals surface area contributed by atoms with E-state index in [1.54, 1.807) is 4.90 Å². The Balaban J connectivity index is 3.38. The van der Waals surface area contributed by atoms with Crippen LogP contribution in [0.4, 0.5) is 0 Å². The number of nitrogens with one attached hydrogen (secondary N) is 1. The third kappa shape index (κ3) is 9.91. The molecule has 0 aliphatic rings. The number of nitrogens with zero attached hydrogens (tertiary/aromatic N) is 1. The van der Waals surface area contributed by atoms with Crippen LogP contribution >= 0.6 is 0 Å². The van der Waals surface area contributed by atoms with Crippen LogP contribution < -0.4 is 5.32 Å². The number of hydrogen-bond donors (Lipinski definition) is 1. The summed E-state index contributed by atoms with van der Waals surface area (Å²) in [5.74, 6) is 0.974. The Morgan fingerprint density at radius 3 is 2.53 bits per heavy atom. The second-order valence-electron chi connectivity index (χ2n) is 5.62. The van der Waals surface area contributed by atoms with Crippen LogP contribution in [0.3, 0.4) is 0 Å². The molecule has 114 valence electrons. The molecule has 4 heteroatoms. The number of hydrogen-bond acceptors (Lipinski definition) is 3. The summed E-state index contributed by atoms with van der Waals surface area (Å²) in [6.07, 6.45) is 2.52. The molecule has 0 bridgehead atoms. The average molecular weight is 272 g/mol. The van der Waals surface area contributed by atoms with Crippen LogP contribution in [-0.2, 0) is 9.53 Å². The van der Waals surface area contributed by atoms with Crippen molar-refractivity contribution in [2.75, 3.05) is 39.9 Å². The van der Waals surface area contributed by atoms with Crippen molar-refractivity contribution in [2.24, 2.45) is 11.8 Å².